The van der Waals surface area contributed by atoms with Gasteiger partial charge in [0.15, 0.2) is 5.22 Å². The van der Waals surface area contributed by atoms with Crippen LogP contribution in [-0.2, 0) is 0 Å². The SMILES string of the molecule is Cc1ccc(Cl)oc1=O. The first-order chi connectivity index (χ1) is 4.20. The number of hydrogen-bond donors (Lipinski definition) is 0. The van der Waals surface area contributed by atoms with Crippen LogP contribution in [-0.4, -0.2) is 0 Å². The van der Waals surface area contributed by atoms with Gasteiger partial charge in [-0.25, -0.2) is 4.79 Å². The van der Waals surface area contributed by atoms with Crippen LogP contribution in [0.4, 0.5) is 0 Å². The van der Waals surface area contributed by atoms with Crippen LogP contribution in [0.1, 0.15) is 5.56 Å². The molecule has 1 aromatic rings. The molecule has 0 aliphatic carbocycles. The van der Waals surface area contributed by atoms with Crippen molar-refractivity contribution in [2.24, 2.45) is 0 Å². The summed E-state index contributed by atoms with van der Waals surface area (Å²) in [5.41, 5.74) is 0.196. The van der Waals surface area contributed by atoms with Crippen LogP contribution in [0.15, 0.2) is 21.3 Å². The Balaban J connectivity index is 3.34. The molecule has 0 unspecified atom stereocenters. The summed E-state index contributed by atoms with van der Waals surface area (Å²) in [5, 5.41) is 0.130. The lowest BCUT2D eigenvalue weighted by Gasteiger charge is -1.87. The normalized spacial score (nSPS) is 9.56. The van der Waals surface area contributed by atoms with Crippen LogP contribution in [0, 0.1) is 6.92 Å². The molecule has 0 spiro atoms. The van der Waals surface area contributed by atoms with Gasteiger partial charge in [-0.1, -0.05) is 0 Å². The first-order valence-electron chi connectivity index (χ1n) is 2.46. The first kappa shape index (κ1) is 6.36. The van der Waals surface area contributed by atoms with Gasteiger partial charge in [-0.2, -0.15) is 0 Å². The second kappa shape index (κ2) is 2.23. The molecule has 1 aromatic heterocycles. The first-order valence-corrected chi connectivity index (χ1v) is 2.84. The third-order valence-electron chi connectivity index (χ3n) is 0.977. The molecule has 48 valence electrons. The number of aryl methyl sites for hydroxylation is 1. The molecule has 2 nitrogen and oxygen atoms in total. The Morgan fingerprint density at radius 2 is 2.22 bits per heavy atom. The average Bonchev–Trinajstić information content (AvgIpc) is 1.80. The van der Waals surface area contributed by atoms with E-state index in [2.05, 4.69) is 4.42 Å². The van der Waals surface area contributed by atoms with E-state index in [4.69, 9.17) is 11.6 Å². The van der Waals surface area contributed by atoms with E-state index in [9.17, 15) is 4.79 Å². The minimum atomic E-state index is -0.373. The van der Waals surface area contributed by atoms with E-state index in [1.54, 1.807) is 13.0 Å². The Morgan fingerprint density at radius 1 is 1.56 bits per heavy atom. The lowest BCUT2D eigenvalue weighted by atomic mass is 10.3. The fourth-order valence-electron chi connectivity index (χ4n) is 0.462. The molecule has 1 heterocycles. The van der Waals surface area contributed by atoms with Crippen molar-refractivity contribution in [1.82, 2.24) is 0 Å². The Morgan fingerprint density at radius 3 is 2.67 bits per heavy atom. The molecule has 1 rings (SSSR count). The molecule has 0 atom stereocenters. The molecule has 0 amide bonds. The van der Waals surface area contributed by atoms with Gasteiger partial charge in [0.2, 0.25) is 0 Å². The predicted molar refractivity (Wildman–Crippen MR) is 34.7 cm³/mol. The molecule has 0 fully saturated rings. The van der Waals surface area contributed by atoms with Crippen LogP contribution in [0.25, 0.3) is 0 Å². The van der Waals surface area contributed by atoms with Crippen LogP contribution in [0.2, 0.25) is 5.22 Å². The highest BCUT2D eigenvalue weighted by Gasteiger charge is 1.93. The summed E-state index contributed by atoms with van der Waals surface area (Å²) >= 11 is 5.35. The molecule has 3 heteroatoms. The molecular weight excluding hydrogens is 140 g/mol. The predicted octanol–water partition coefficient (Wildman–Crippen LogP) is 1.60. The lowest BCUT2D eigenvalue weighted by molar-refractivity contribution is 0.507. The fraction of sp³-hybridized carbons (Fsp3) is 0.167. The molecular formula is C6H5ClO2. The third-order valence-corrected chi connectivity index (χ3v) is 1.18. The van der Waals surface area contributed by atoms with E-state index in [1.165, 1.54) is 6.07 Å². The van der Waals surface area contributed by atoms with Gasteiger partial charge >= 0.3 is 5.63 Å². The highest BCUT2D eigenvalue weighted by Crippen LogP contribution is 2.03. The summed E-state index contributed by atoms with van der Waals surface area (Å²) in [5.74, 6) is 0. The third kappa shape index (κ3) is 1.33. The van der Waals surface area contributed by atoms with Gasteiger partial charge in [-0.3, -0.25) is 0 Å². The topological polar surface area (TPSA) is 30.2 Å². The maximum absolute atomic E-state index is 10.6. The second-order valence-electron chi connectivity index (χ2n) is 1.71. The van der Waals surface area contributed by atoms with Crippen LogP contribution in [0.5, 0.6) is 0 Å². The molecule has 0 N–H and O–H groups in total. The Labute approximate surface area is 57.1 Å². The number of rotatable bonds is 0. The van der Waals surface area contributed by atoms with E-state index in [0.29, 0.717) is 5.56 Å². The maximum Gasteiger partial charge on any atom is 0.339 e. The second-order valence-corrected chi connectivity index (χ2v) is 2.08. The number of hydrogen-bond acceptors (Lipinski definition) is 2. The van der Waals surface area contributed by atoms with Crippen LogP contribution >= 0.6 is 11.6 Å². The molecule has 0 aliphatic rings. The van der Waals surface area contributed by atoms with Gasteiger partial charge in [-0.05, 0) is 30.7 Å². The van der Waals surface area contributed by atoms with Gasteiger partial charge in [0.25, 0.3) is 0 Å². The lowest BCUT2D eigenvalue weighted by Crippen LogP contribution is -2.00. The standard InChI is InChI=1S/C6H5ClO2/c1-4-2-3-5(7)9-6(4)8/h2-3H,1H3. The Hall–Kier alpha value is -0.760. The van der Waals surface area contributed by atoms with Crippen molar-refractivity contribution in [2.75, 3.05) is 0 Å². The van der Waals surface area contributed by atoms with Crippen molar-refractivity contribution in [3.63, 3.8) is 0 Å². The van der Waals surface area contributed by atoms with Gasteiger partial charge in [0.05, 0.1) is 0 Å². The van der Waals surface area contributed by atoms with Crippen molar-refractivity contribution in [3.8, 4) is 0 Å². The molecule has 9 heavy (non-hydrogen) atoms. The molecule has 0 saturated carbocycles. The molecule has 0 aromatic carbocycles. The highest BCUT2D eigenvalue weighted by atomic mass is 35.5. The molecule has 0 radical (unpaired) electrons. The zero-order chi connectivity index (χ0) is 6.85. The van der Waals surface area contributed by atoms with Gasteiger partial charge in [0.1, 0.15) is 0 Å². The van der Waals surface area contributed by atoms with Crippen molar-refractivity contribution >= 4 is 11.6 Å². The van der Waals surface area contributed by atoms with Gasteiger partial charge < -0.3 is 4.42 Å². The summed E-state index contributed by atoms with van der Waals surface area (Å²) < 4.78 is 4.52. The van der Waals surface area contributed by atoms with Gasteiger partial charge in [-0.15, -0.1) is 0 Å². The summed E-state index contributed by atoms with van der Waals surface area (Å²) in [6, 6.07) is 3.16. The summed E-state index contributed by atoms with van der Waals surface area (Å²) in [6.45, 7) is 1.67. The summed E-state index contributed by atoms with van der Waals surface area (Å²) in [4.78, 5) is 10.6. The van der Waals surface area contributed by atoms with E-state index < -0.39 is 0 Å². The van der Waals surface area contributed by atoms with Crippen molar-refractivity contribution in [3.05, 3.63) is 33.3 Å². The number of halogens is 1. The van der Waals surface area contributed by atoms with E-state index >= 15 is 0 Å². The Bertz CT molecular complexity index is 264. The van der Waals surface area contributed by atoms with Crippen LogP contribution < -0.4 is 5.63 Å². The average molecular weight is 145 g/mol. The summed E-state index contributed by atoms with van der Waals surface area (Å²) in [7, 11) is 0. The van der Waals surface area contributed by atoms with E-state index in [1.807, 2.05) is 0 Å². The summed E-state index contributed by atoms with van der Waals surface area (Å²) in [6.07, 6.45) is 0. The zero-order valence-electron chi connectivity index (χ0n) is 4.85. The van der Waals surface area contributed by atoms with Crippen molar-refractivity contribution in [1.29, 1.82) is 0 Å². The highest BCUT2D eigenvalue weighted by molar-refractivity contribution is 6.28. The van der Waals surface area contributed by atoms with E-state index in [0.717, 1.165) is 0 Å². The quantitative estimate of drug-likeness (QED) is 0.554. The Kier molecular flexibility index (Phi) is 1.58. The minimum Gasteiger partial charge on any atom is -0.411 e. The molecule has 0 saturated heterocycles. The van der Waals surface area contributed by atoms with Crippen molar-refractivity contribution < 1.29 is 4.42 Å². The maximum atomic E-state index is 10.6. The molecule has 0 aliphatic heterocycles. The zero-order valence-corrected chi connectivity index (χ0v) is 5.61. The fourth-order valence-corrected chi connectivity index (χ4v) is 0.595. The van der Waals surface area contributed by atoms with E-state index in [-0.39, 0.29) is 10.8 Å². The molecule has 0 bridgehead atoms. The van der Waals surface area contributed by atoms with Gasteiger partial charge in [0, 0.05) is 5.56 Å². The van der Waals surface area contributed by atoms with Crippen molar-refractivity contribution in [2.45, 2.75) is 6.92 Å². The minimum absolute atomic E-state index is 0.130. The monoisotopic (exact) mass is 144 g/mol. The smallest absolute Gasteiger partial charge is 0.339 e. The van der Waals surface area contributed by atoms with Crippen LogP contribution in [0.3, 0.4) is 0 Å². The largest absolute Gasteiger partial charge is 0.411 e.